The van der Waals surface area contributed by atoms with Crippen molar-refractivity contribution in [1.29, 1.82) is 0 Å². The fourth-order valence-electron chi connectivity index (χ4n) is 1.87. The molecule has 0 bridgehead atoms. The molecule has 0 spiro atoms. The monoisotopic (exact) mass is 257 g/mol. The predicted octanol–water partition coefficient (Wildman–Crippen LogP) is 1.98. The van der Waals surface area contributed by atoms with Crippen LogP contribution >= 0.6 is 0 Å². The smallest absolute Gasteiger partial charge is 0.316 e. The first kappa shape index (κ1) is 16.7. The van der Waals surface area contributed by atoms with Crippen molar-refractivity contribution in [2.45, 2.75) is 66.1 Å². The van der Waals surface area contributed by atoms with Crippen LogP contribution in [0, 0.1) is 5.92 Å². The molecule has 3 amide bonds. The van der Waals surface area contributed by atoms with Gasteiger partial charge in [-0.3, -0.25) is 4.79 Å². The molecule has 0 aromatic rings. The van der Waals surface area contributed by atoms with Gasteiger partial charge in [-0.05, 0) is 32.6 Å². The first-order chi connectivity index (χ1) is 8.16. The molecular formula is C13H27N3O2. The van der Waals surface area contributed by atoms with E-state index in [1.807, 2.05) is 6.92 Å². The Balaban J connectivity index is 4.27. The molecule has 1 atom stereocenters. The summed E-state index contributed by atoms with van der Waals surface area (Å²) in [5, 5.41) is 8.34. The molecule has 18 heavy (non-hydrogen) atoms. The van der Waals surface area contributed by atoms with Crippen LogP contribution in [0.1, 0.15) is 54.4 Å². The Hall–Kier alpha value is -1.26. The number of carbonyl (C=O) groups is 2. The maximum atomic E-state index is 11.8. The van der Waals surface area contributed by atoms with E-state index in [0.29, 0.717) is 5.92 Å². The summed E-state index contributed by atoms with van der Waals surface area (Å²) < 4.78 is 0. The van der Waals surface area contributed by atoms with Crippen LogP contribution < -0.4 is 16.0 Å². The number of amides is 3. The summed E-state index contributed by atoms with van der Waals surface area (Å²) in [6.07, 6.45) is 1.84. The highest BCUT2D eigenvalue weighted by molar-refractivity contribution is 5.77. The van der Waals surface area contributed by atoms with Gasteiger partial charge in [0.25, 0.3) is 0 Å². The first-order valence-electron chi connectivity index (χ1n) is 6.53. The van der Waals surface area contributed by atoms with E-state index < -0.39 is 5.66 Å². The van der Waals surface area contributed by atoms with E-state index in [9.17, 15) is 9.59 Å². The van der Waals surface area contributed by atoms with Gasteiger partial charge in [0.1, 0.15) is 5.66 Å². The Labute approximate surface area is 110 Å². The fraction of sp³-hybridized carbons (Fsp3) is 0.846. The lowest BCUT2D eigenvalue weighted by Gasteiger charge is -2.28. The van der Waals surface area contributed by atoms with Crippen LogP contribution in [0.25, 0.3) is 0 Å². The van der Waals surface area contributed by atoms with Gasteiger partial charge in [-0.1, -0.05) is 20.8 Å². The zero-order chi connectivity index (χ0) is 14.3. The van der Waals surface area contributed by atoms with Gasteiger partial charge in [-0.2, -0.15) is 0 Å². The van der Waals surface area contributed by atoms with E-state index in [4.69, 9.17) is 0 Å². The summed E-state index contributed by atoms with van der Waals surface area (Å²) in [6, 6.07) is -0.0839. The van der Waals surface area contributed by atoms with Gasteiger partial charge < -0.3 is 16.0 Å². The Kier molecular flexibility index (Phi) is 6.73. The number of carbonyl (C=O) groups excluding carboxylic acids is 2. The molecule has 0 fully saturated rings. The fourth-order valence-corrected chi connectivity index (χ4v) is 1.87. The van der Waals surface area contributed by atoms with Gasteiger partial charge in [-0.25, -0.2) is 4.79 Å². The van der Waals surface area contributed by atoms with Crippen LogP contribution in [0.3, 0.4) is 0 Å². The van der Waals surface area contributed by atoms with E-state index in [2.05, 4.69) is 29.8 Å². The minimum Gasteiger partial charge on any atom is -0.335 e. The van der Waals surface area contributed by atoms with Gasteiger partial charge in [0.05, 0.1) is 0 Å². The molecule has 3 N–H and O–H groups in total. The third-order valence-corrected chi connectivity index (χ3v) is 2.50. The van der Waals surface area contributed by atoms with Gasteiger partial charge in [-0.15, -0.1) is 0 Å². The van der Waals surface area contributed by atoms with Crippen LogP contribution in [-0.4, -0.2) is 23.6 Å². The molecule has 0 aliphatic carbocycles. The van der Waals surface area contributed by atoms with Crippen molar-refractivity contribution in [1.82, 2.24) is 16.0 Å². The van der Waals surface area contributed by atoms with Crippen LogP contribution in [0.5, 0.6) is 0 Å². The van der Waals surface area contributed by atoms with Crippen molar-refractivity contribution in [3.8, 4) is 0 Å². The summed E-state index contributed by atoms with van der Waals surface area (Å²) in [5.41, 5.74) is -0.744. The maximum absolute atomic E-state index is 11.8. The van der Waals surface area contributed by atoms with Crippen molar-refractivity contribution in [2.24, 2.45) is 5.92 Å². The predicted molar refractivity (Wildman–Crippen MR) is 73.1 cm³/mol. The highest BCUT2D eigenvalue weighted by atomic mass is 16.2. The summed E-state index contributed by atoms with van der Waals surface area (Å²) in [5.74, 6) is 0.369. The van der Waals surface area contributed by atoms with Crippen molar-refractivity contribution in [3.63, 3.8) is 0 Å². The van der Waals surface area contributed by atoms with Crippen molar-refractivity contribution in [2.75, 3.05) is 0 Å². The zero-order valence-corrected chi connectivity index (χ0v) is 12.4. The third-order valence-electron chi connectivity index (χ3n) is 2.50. The molecule has 0 heterocycles. The highest BCUT2D eigenvalue weighted by Gasteiger charge is 2.22. The van der Waals surface area contributed by atoms with Gasteiger partial charge in [0, 0.05) is 13.0 Å². The molecule has 0 aliphatic heterocycles. The third kappa shape index (κ3) is 7.92. The molecule has 5 nitrogen and oxygen atoms in total. The number of urea groups is 1. The van der Waals surface area contributed by atoms with E-state index >= 15 is 0 Å². The van der Waals surface area contributed by atoms with E-state index in [-0.39, 0.29) is 18.0 Å². The molecule has 0 saturated heterocycles. The van der Waals surface area contributed by atoms with Gasteiger partial charge in [0.2, 0.25) is 5.91 Å². The normalized spacial score (nSPS) is 13.1. The van der Waals surface area contributed by atoms with Crippen molar-refractivity contribution >= 4 is 11.9 Å². The first-order valence-corrected chi connectivity index (χ1v) is 6.53. The van der Waals surface area contributed by atoms with E-state index in [0.717, 1.165) is 12.8 Å². The zero-order valence-electron chi connectivity index (χ0n) is 12.4. The van der Waals surface area contributed by atoms with Gasteiger partial charge >= 0.3 is 6.03 Å². The second-order valence-electron chi connectivity index (χ2n) is 5.64. The molecular weight excluding hydrogens is 230 g/mol. The number of hydrogen-bond acceptors (Lipinski definition) is 2. The molecule has 0 rings (SSSR count). The molecule has 0 aromatic carbocycles. The quantitative estimate of drug-likeness (QED) is 0.637. The van der Waals surface area contributed by atoms with Crippen molar-refractivity contribution < 1.29 is 9.59 Å². The van der Waals surface area contributed by atoms with Crippen LogP contribution in [0.4, 0.5) is 4.79 Å². The summed E-state index contributed by atoms with van der Waals surface area (Å²) in [4.78, 5) is 22.8. The molecule has 5 heteroatoms. The second kappa shape index (κ2) is 7.24. The summed E-state index contributed by atoms with van der Waals surface area (Å²) in [6.45, 7) is 11.2. The average Bonchev–Trinajstić information content (AvgIpc) is 2.12. The number of nitrogens with one attached hydrogen (secondary N) is 3. The molecule has 0 aromatic heterocycles. The Morgan fingerprint density at radius 2 is 1.72 bits per heavy atom. The Morgan fingerprint density at radius 3 is 2.11 bits per heavy atom. The Bertz CT molecular complexity index is 288. The van der Waals surface area contributed by atoms with Crippen LogP contribution in [-0.2, 0) is 4.79 Å². The van der Waals surface area contributed by atoms with E-state index in [1.165, 1.54) is 6.92 Å². The number of rotatable bonds is 6. The molecule has 106 valence electrons. The lowest BCUT2D eigenvalue weighted by molar-refractivity contribution is -0.120. The molecule has 1 unspecified atom stereocenters. The lowest BCUT2D eigenvalue weighted by atomic mass is 10.0. The standard InChI is InChI=1S/C13H27N3O2/c1-7-11(8-9(2)3)14-12(18)16-13(5,6)15-10(4)17/h9,11H,7-8H2,1-6H3,(H,15,17)(H2,14,16,18). The highest BCUT2D eigenvalue weighted by Crippen LogP contribution is 2.07. The molecule has 0 radical (unpaired) electrons. The van der Waals surface area contributed by atoms with E-state index in [1.54, 1.807) is 13.8 Å². The minimum atomic E-state index is -0.744. The summed E-state index contributed by atoms with van der Waals surface area (Å²) in [7, 11) is 0. The van der Waals surface area contributed by atoms with Gasteiger partial charge in [0.15, 0.2) is 0 Å². The largest absolute Gasteiger partial charge is 0.335 e. The number of hydrogen-bond donors (Lipinski definition) is 3. The average molecular weight is 257 g/mol. The van der Waals surface area contributed by atoms with Crippen LogP contribution in [0.2, 0.25) is 0 Å². The molecule has 0 saturated carbocycles. The minimum absolute atomic E-state index is 0.165. The lowest BCUT2D eigenvalue weighted by Crippen LogP contribution is -2.59. The topological polar surface area (TPSA) is 70.2 Å². The van der Waals surface area contributed by atoms with Crippen molar-refractivity contribution in [3.05, 3.63) is 0 Å². The Morgan fingerprint density at radius 1 is 1.17 bits per heavy atom. The SMILES string of the molecule is CCC(CC(C)C)NC(=O)NC(C)(C)NC(C)=O. The summed E-state index contributed by atoms with van der Waals surface area (Å²) >= 11 is 0. The molecule has 0 aliphatic rings. The maximum Gasteiger partial charge on any atom is 0.316 e. The second-order valence-corrected chi connectivity index (χ2v) is 5.64. The van der Waals surface area contributed by atoms with Crippen LogP contribution in [0.15, 0.2) is 0 Å².